The lowest BCUT2D eigenvalue weighted by atomic mass is 9.80. The Labute approximate surface area is 109 Å². The third-order valence-corrected chi connectivity index (χ3v) is 4.66. The van der Waals surface area contributed by atoms with Crippen molar-refractivity contribution >= 4 is 11.3 Å². The molecule has 1 aliphatic carbocycles. The van der Waals surface area contributed by atoms with Crippen molar-refractivity contribution in [3.05, 3.63) is 16.6 Å². The first-order chi connectivity index (χ1) is 8.19. The molecule has 3 unspecified atom stereocenters. The fourth-order valence-corrected chi connectivity index (χ4v) is 3.92. The largest absolute Gasteiger partial charge is 0.305 e. The van der Waals surface area contributed by atoms with E-state index in [0.29, 0.717) is 12.1 Å². The molecule has 1 aliphatic rings. The summed E-state index contributed by atoms with van der Waals surface area (Å²) in [6, 6.07) is 1.14. The van der Waals surface area contributed by atoms with Crippen molar-refractivity contribution in [3.8, 4) is 0 Å². The molecule has 3 heteroatoms. The molecule has 1 heterocycles. The second-order valence-corrected chi connectivity index (χ2v) is 6.54. The van der Waals surface area contributed by atoms with Crippen LogP contribution in [0.15, 0.2) is 11.6 Å². The van der Waals surface area contributed by atoms with E-state index in [2.05, 4.69) is 36.5 Å². The maximum Gasteiger partial charge on any atom is 0.109 e. The Hall–Kier alpha value is -0.410. The van der Waals surface area contributed by atoms with Gasteiger partial charge in [0.15, 0.2) is 0 Å². The summed E-state index contributed by atoms with van der Waals surface area (Å²) in [5.74, 6) is 1.73. The normalized spacial score (nSPS) is 31.4. The molecule has 2 rings (SSSR count). The molecular formula is C14H24N2S. The van der Waals surface area contributed by atoms with Crippen LogP contribution in [-0.4, -0.2) is 11.0 Å². The van der Waals surface area contributed by atoms with Crippen LogP contribution >= 0.6 is 11.3 Å². The van der Waals surface area contributed by atoms with Crippen molar-refractivity contribution in [2.75, 3.05) is 0 Å². The van der Waals surface area contributed by atoms with Crippen LogP contribution < -0.4 is 5.32 Å². The zero-order valence-corrected chi connectivity index (χ0v) is 12.0. The van der Waals surface area contributed by atoms with Crippen LogP contribution in [0.4, 0.5) is 0 Å². The van der Waals surface area contributed by atoms with Crippen LogP contribution in [0.25, 0.3) is 0 Å². The van der Waals surface area contributed by atoms with E-state index in [-0.39, 0.29) is 0 Å². The molecule has 1 saturated carbocycles. The van der Waals surface area contributed by atoms with E-state index in [1.165, 1.54) is 24.3 Å². The number of aromatic nitrogens is 1. The van der Waals surface area contributed by atoms with Crippen molar-refractivity contribution in [1.29, 1.82) is 0 Å². The van der Waals surface area contributed by atoms with Gasteiger partial charge in [-0.1, -0.05) is 20.8 Å². The average molecular weight is 252 g/mol. The molecule has 0 radical (unpaired) electrons. The van der Waals surface area contributed by atoms with Gasteiger partial charge in [0.05, 0.1) is 6.04 Å². The minimum absolute atomic E-state index is 0.456. The van der Waals surface area contributed by atoms with E-state index < -0.39 is 0 Å². The van der Waals surface area contributed by atoms with Crippen LogP contribution in [0.5, 0.6) is 0 Å². The summed E-state index contributed by atoms with van der Waals surface area (Å²) >= 11 is 1.77. The van der Waals surface area contributed by atoms with Crippen molar-refractivity contribution in [3.63, 3.8) is 0 Å². The molecule has 2 nitrogen and oxygen atoms in total. The highest BCUT2D eigenvalue weighted by molar-refractivity contribution is 7.09. The van der Waals surface area contributed by atoms with Gasteiger partial charge in [0.25, 0.3) is 0 Å². The van der Waals surface area contributed by atoms with Crippen LogP contribution in [0.3, 0.4) is 0 Å². The molecule has 1 aromatic heterocycles. The van der Waals surface area contributed by atoms with Gasteiger partial charge in [0.2, 0.25) is 0 Å². The fraction of sp³-hybridized carbons (Fsp3) is 0.786. The highest BCUT2D eigenvalue weighted by Gasteiger charge is 2.26. The maximum absolute atomic E-state index is 4.45. The van der Waals surface area contributed by atoms with E-state index in [4.69, 9.17) is 0 Å². The Morgan fingerprint density at radius 1 is 1.35 bits per heavy atom. The molecule has 17 heavy (non-hydrogen) atoms. The Bertz CT molecular complexity index is 313. The van der Waals surface area contributed by atoms with E-state index in [1.54, 1.807) is 11.3 Å². The second kappa shape index (κ2) is 5.96. The van der Waals surface area contributed by atoms with Crippen molar-refractivity contribution in [2.45, 2.75) is 58.5 Å². The maximum atomic E-state index is 4.45. The lowest BCUT2D eigenvalue weighted by Gasteiger charge is -2.34. The topological polar surface area (TPSA) is 24.9 Å². The zero-order valence-electron chi connectivity index (χ0n) is 11.1. The smallest absolute Gasteiger partial charge is 0.109 e. The summed E-state index contributed by atoms with van der Waals surface area (Å²) < 4.78 is 0. The molecule has 0 aromatic carbocycles. The molecule has 0 saturated heterocycles. The third kappa shape index (κ3) is 3.52. The molecule has 0 amide bonds. The van der Waals surface area contributed by atoms with Gasteiger partial charge < -0.3 is 5.32 Å². The minimum Gasteiger partial charge on any atom is -0.305 e. The Morgan fingerprint density at radius 2 is 2.06 bits per heavy atom. The van der Waals surface area contributed by atoms with Crippen molar-refractivity contribution in [1.82, 2.24) is 10.3 Å². The molecule has 0 aliphatic heterocycles. The molecule has 3 atom stereocenters. The summed E-state index contributed by atoms with van der Waals surface area (Å²) in [7, 11) is 0. The minimum atomic E-state index is 0.456. The van der Waals surface area contributed by atoms with E-state index in [1.807, 2.05) is 6.20 Å². The second-order valence-electron chi connectivity index (χ2n) is 5.61. The molecule has 1 N–H and O–H groups in total. The standard InChI is InChI=1S/C14H24N2S/c1-4-13(14-15-5-6-17-14)16-12-8-10(2)7-11(3)9-12/h5-6,10-13,16H,4,7-9H2,1-3H3. The molecular weight excluding hydrogens is 228 g/mol. The van der Waals surface area contributed by atoms with Crippen LogP contribution in [0, 0.1) is 11.8 Å². The Balaban J connectivity index is 1.94. The molecule has 1 fully saturated rings. The Morgan fingerprint density at radius 3 is 2.59 bits per heavy atom. The predicted molar refractivity (Wildman–Crippen MR) is 74.2 cm³/mol. The van der Waals surface area contributed by atoms with Gasteiger partial charge in [-0.2, -0.15) is 0 Å². The van der Waals surface area contributed by atoms with Crippen molar-refractivity contribution < 1.29 is 0 Å². The number of hydrogen-bond donors (Lipinski definition) is 1. The predicted octanol–water partition coefficient (Wildman–Crippen LogP) is 4.01. The number of thiazole rings is 1. The van der Waals surface area contributed by atoms with Gasteiger partial charge >= 0.3 is 0 Å². The van der Waals surface area contributed by atoms with E-state index in [9.17, 15) is 0 Å². The highest BCUT2D eigenvalue weighted by atomic mass is 32.1. The van der Waals surface area contributed by atoms with E-state index in [0.717, 1.165) is 18.3 Å². The molecule has 1 aromatic rings. The summed E-state index contributed by atoms with van der Waals surface area (Å²) in [6.07, 6.45) is 7.09. The van der Waals surface area contributed by atoms with E-state index >= 15 is 0 Å². The van der Waals surface area contributed by atoms with Crippen LogP contribution in [-0.2, 0) is 0 Å². The van der Waals surface area contributed by atoms with Crippen LogP contribution in [0.1, 0.15) is 57.5 Å². The summed E-state index contributed by atoms with van der Waals surface area (Å²) in [5.41, 5.74) is 0. The quantitative estimate of drug-likeness (QED) is 0.876. The molecule has 96 valence electrons. The summed E-state index contributed by atoms with van der Waals surface area (Å²) in [6.45, 7) is 7.01. The van der Waals surface area contributed by atoms with Crippen LogP contribution in [0.2, 0.25) is 0 Å². The number of hydrogen-bond acceptors (Lipinski definition) is 3. The fourth-order valence-electron chi connectivity index (χ4n) is 3.14. The number of nitrogens with one attached hydrogen (secondary N) is 1. The lowest BCUT2D eigenvalue weighted by Crippen LogP contribution is -2.38. The first-order valence-corrected chi connectivity index (χ1v) is 7.72. The van der Waals surface area contributed by atoms with Crippen molar-refractivity contribution in [2.24, 2.45) is 11.8 Å². The summed E-state index contributed by atoms with van der Waals surface area (Å²) in [5, 5.41) is 7.14. The average Bonchev–Trinajstić information content (AvgIpc) is 2.77. The molecule has 0 bridgehead atoms. The van der Waals surface area contributed by atoms with Gasteiger partial charge in [-0.3, -0.25) is 0 Å². The SMILES string of the molecule is CCC(NC1CC(C)CC(C)C1)c1nccs1. The van der Waals surface area contributed by atoms with Gasteiger partial charge in [-0.05, 0) is 37.5 Å². The zero-order chi connectivity index (χ0) is 12.3. The van der Waals surface area contributed by atoms with Gasteiger partial charge in [0, 0.05) is 17.6 Å². The monoisotopic (exact) mass is 252 g/mol. The Kier molecular flexibility index (Phi) is 4.57. The first-order valence-electron chi connectivity index (χ1n) is 6.84. The van der Waals surface area contributed by atoms with Gasteiger partial charge in [-0.25, -0.2) is 4.98 Å². The highest BCUT2D eigenvalue weighted by Crippen LogP contribution is 2.30. The number of rotatable bonds is 4. The van der Waals surface area contributed by atoms with Gasteiger partial charge in [0.1, 0.15) is 5.01 Å². The molecule has 0 spiro atoms. The summed E-state index contributed by atoms with van der Waals surface area (Å²) in [4.78, 5) is 4.45. The number of nitrogens with zero attached hydrogens (tertiary/aromatic N) is 1. The first kappa shape index (κ1) is 13.0. The third-order valence-electron chi connectivity index (χ3n) is 3.77. The lowest BCUT2D eigenvalue weighted by molar-refractivity contribution is 0.224. The van der Waals surface area contributed by atoms with Gasteiger partial charge in [-0.15, -0.1) is 11.3 Å².